The van der Waals surface area contributed by atoms with Crippen LogP contribution in [0.3, 0.4) is 0 Å². The molecule has 0 aromatic carbocycles. The Morgan fingerprint density at radius 1 is 1.60 bits per heavy atom. The van der Waals surface area contributed by atoms with E-state index in [2.05, 4.69) is 33.5 Å². The predicted molar refractivity (Wildman–Crippen MR) is 67.0 cm³/mol. The van der Waals surface area contributed by atoms with Crippen molar-refractivity contribution in [2.24, 2.45) is 0 Å². The van der Waals surface area contributed by atoms with E-state index in [-0.39, 0.29) is 5.91 Å². The molecule has 2 N–H and O–H groups in total. The van der Waals surface area contributed by atoms with Gasteiger partial charge in [0.1, 0.15) is 0 Å². The lowest BCUT2D eigenvalue weighted by Crippen LogP contribution is -2.33. The van der Waals surface area contributed by atoms with Crippen molar-refractivity contribution in [1.29, 1.82) is 0 Å². The van der Waals surface area contributed by atoms with Gasteiger partial charge in [-0.15, -0.1) is 11.3 Å². The molecule has 0 aliphatic rings. The molecule has 1 aromatic rings. The highest BCUT2D eigenvalue weighted by molar-refractivity contribution is 9.10. The first-order valence-corrected chi connectivity index (χ1v) is 6.60. The zero-order chi connectivity index (χ0) is 11.1. The third-order valence-corrected chi connectivity index (χ3v) is 3.49. The molecule has 0 unspecified atom stereocenters. The molecule has 15 heavy (non-hydrogen) atoms. The van der Waals surface area contributed by atoms with Gasteiger partial charge in [-0.2, -0.15) is 0 Å². The van der Waals surface area contributed by atoms with Crippen LogP contribution in [0.5, 0.6) is 0 Å². The topological polar surface area (TPSA) is 41.1 Å². The molecule has 0 saturated carbocycles. The maximum atomic E-state index is 11.3. The van der Waals surface area contributed by atoms with Crippen molar-refractivity contribution in [1.82, 2.24) is 10.6 Å². The van der Waals surface area contributed by atoms with Crippen LogP contribution >= 0.6 is 27.3 Å². The van der Waals surface area contributed by atoms with Crippen molar-refractivity contribution in [3.8, 4) is 0 Å². The minimum Gasteiger partial charge on any atom is -0.350 e. The van der Waals surface area contributed by atoms with Gasteiger partial charge in [-0.05, 0) is 35.0 Å². The number of nitrogens with one attached hydrogen (secondary N) is 2. The molecule has 5 heteroatoms. The molecule has 0 aliphatic carbocycles. The number of hydrogen-bond donors (Lipinski definition) is 2. The van der Waals surface area contributed by atoms with Crippen LogP contribution in [-0.2, 0) is 11.3 Å². The smallest absolute Gasteiger partial charge is 0.234 e. The summed E-state index contributed by atoms with van der Waals surface area (Å²) in [5.41, 5.74) is 0. The molecular weight excluding hydrogens is 276 g/mol. The fraction of sp³-hybridized carbons (Fsp3) is 0.500. The van der Waals surface area contributed by atoms with Gasteiger partial charge in [-0.3, -0.25) is 4.79 Å². The highest BCUT2D eigenvalue weighted by Crippen LogP contribution is 2.19. The minimum absolute atomic E-state index is 0.0490. The maximum absolute atomic E-state index is 11.3. The molecular formula is C10H15BrN2OS. The molecule has 0 bridgehead atoms. The maximum Gasteiger partial charge on any atom is 0.234 e. The number of amides is 1. The highest BCUT2D eigenvalue weighted by atomic mass is 79.9. The third-order valence-electron chi connectivity index (χ3n) is 1.79. The summed E-state index contributed by atoms with van der Waals surface area (Å²) in [4.78, 5) is 12.5. The third kappa shape index (κ3) is 5.30. The van der Waals surface area contributed by atoms with E-state index in [1.54, 1.807) is 11.3 Å². The number of carbonyl (C=O) groups excluding carboxylic acids is 1. The molecule has 0 aliphatic heterocycles. The number of thiophene rings is 1. The minimum atomic E-state index is 0.0490. The van der Waals surface area contributed by atoms with Gasteiger partial charge in [0, 0.05) is 14.7 Å². The van der Waals surface area contributed by atoms with Gasteiger partial charge in [-0.1, -0.05) is 6.92 Å². The lowest BCUT2D eigenvalue weighted by Gasteiger charge is -2.04. The van der Waals surface area contributed by atoms with Crippen LogP contribution in [0.4, 0.5) is 0 Å². The molecule has 0 saturated heterocycles. The van der Waals surface area contributed by atoms with Crippen molar-refractivity contribution >= 4 is 33.2 Å². The van der Waals surface area contributed by atoms with Gasteiger partial charge in [0.2, 0.25) is 5.91 Å². The molecule has 1 rings (SSSR count). The Bertz CT molecular complexity index is 314. The molecule has 0 atom stereocenters. The molecule has 84 valence electrons. The van der Waals surface area contributed by atoms with Crippen LogP contribution in [0, 0.1) is 0 Å². The van der Waals surface area contributed by atoms with Crippen LogP contribution in [0.15, 0.2) is 15.9 Å². The van der Waals surface area contributed by atoms with Gasteiger partial charge in [0.05, 0.1) is 13.1 Å². The molecule has 1 aromatic heterocycles. The second-order valence-electron chi connectivity index (χ2n) is 3.18. The first kappa shape index (κ1) is 12.7. The average molecular weight is 291 g/mol. The fourth-order valence-electron chi connectivity index (χ4n) is 1.07. The van der Waals surface area contributed by atoms with E-state index < -0.39 is 0 Å². The van der Waals surface area contributed by atoms with E-state index >= 15 is 0 Å². The van der Waals surface area contributed by atoms with E-state index in [1.807, 2.05) is 11.4 Å². The number of carbonyl (C=O) groups is 1. The Labute approximate surface area is 102 Å². The summed E-state index contributed by atoms with van der Waals surface area (Å²) >= 11 is 5.01. The van der Waals surface area contributed by atoms with Crippen LogP contribution in [0.25, 0.3) is 0 Å². The lowest BCUT2D eigenvalue weighted by atomic mass is 10.4. The van der Waals surface area contributed by atoms with Gasteiger partial charge in [-0.25, -0.2) is 0 Å². The summed E-state index contributed by atoms with van der Waals surface area (Å²) in [5.74, 6) is 0.0490. The van der Waals surface area contributed by atoms with E-state index in [1.165, 1.54) is 0 Å². The summed E-state index contributed by atoms with van der Waals surface area (Å²) in [6, 6.07) is 2.02. The van der Waals surface area contributed by atoms with Gasteiger partial charge < -0.3 is 10.6 Å². The summed E-state index contributed by atoms with van der Waals surface area (Å²) in [7, 11) is 0. The second kappa shape index (κ2) is 6.98. The van der Waals surface area contributed by atoms with Gasteiger partial charge in [0.15, 0.2) is 0 Å². The van der Waals surface area contributed by atoms with Crippen molar-refractivity contribution in [2.75, 3.05) is 13.1 Å². The first-order valence-electron chi connectivity index (χ1n) is 4.92. The zero-order valence-electron chi connectivity index (χ0n) is 8.68. The summed E-state index contributed by atoms with van der Waals surface area (Å²) in [6.07, 6.45) is 1.05. The Balaban J connectivity index is 2.16. The SMILES string of the molecule is CCCNCC(=O)NCc1cc(Br)cs1. The number of halogens is 1. The normalized spacial score (nSPS) is 10.3. The van der Waals surface area contributed by atoms with Crippen molar-refractivity contribution < 1.29 is 4.79 Å². The van der Waals surface area contributed by atoms with E-state index in [0.29, 0.717) is 13.1 Å². The van der Waals surface area contributed by atoms with Crippen LogP contribution in [0.1, 0.15) is 18.2 Å². The zero-order valence-corrected chi connectivity index (χ0v) is 11.1. The highest BCUT2D eigenvalue weighted by Gasteiger charge is 2.01. The Kier molecular flexibility index (Phi) is 5.90. The fourth-order valence-corrected chi connectivity index (χ4v) is 2.46. The molecule has 1 heterocycles. The number of rotatable bonds is 6. The summed E-state index contributed by atoms with van der Waals surface area (Å²) in [6.45, 7) is 3.98. The van der Waals surface area contributed by atoms with Crippen molar-refractivity contribution in [2.45, 2.75) is 19.9 Å². The number of hydrogen-bond acceptors (Lipinski definition) is 3. The Morgan fingerprint density at radius 2 is 2.40 bits per heavy atom. The quantitative estimate of drug-likeness (QED) is 0.788. The molecule has 1 amide bonds. The summed E-state index contributed by atoms with van der Waals surface area (Å²) < 4.78 is 1.07. The average Bonchev–Trinajstić information content (AvgIpc) is 2.62. The van der Waals surface area contributed by atoms with Crippen LogP contribution in [0.2, 0.25) is 0 Å². The Hall–Kier alpha value is -0.390. The Morgan fingerprint density at radius 3 is 3.00 bits per heavy atom. The summed E-state index contributed by atoms with van der Waals surface area (Å²) in [5, 5.41) is 7.93. The van der Waals surface area contributed by atoms with Crippen molar-refractivity contribution in [3.05, 3.63) is 20.8 Å². The van der Waals surface area contributed by atoms with E-state index in [0.717, 1.165) is 22.3 Å². The van der Waals surface area contributed by atoms with Gasteiger partial charge >= 0.3 is 0 Å². The molecule has 0 spiro atoms. The monoisotopic (exact) mass is 290 g/mol. The van der Waals surface area contributed by atoms with E-state index in [4.69, 9.17) is 0 Å². The standard InChI is InChI=1S/C10H15BrN2OS/c1-2-3-12-6-10(14)13-5-9-4-8(11)7-15-9/h4,7,12H,2-3,5-6H2,1H3,(H,13,14). The van der Waals surface area contributed by atoms with E-state index in [9.17, 15) is 4.79 Å². The van der Waals surface area contributed by atoms with Crippen LogP contribution < -0.4 is 10.6 Å². The molecule has 0 fully saturated rings. The van der Waals surface area contributed by atoms with Crippen LogP contribution in [-0.4, -0.2) is 19.0 Å². The molecule has 0 radical (unpaired) electrons. The van der Waals surface area contributed by atoms with Gasteiger partial charge in [0.25, 0.3) is 0 Å². The van der Waals surface area contributed by atoms with Crippen molar-refractivity contribution in [3.63, 3.8) is 0 Å². The molecule has 3 nitrogen and oxygen atoms in total. The lowest BCUT2D eigenvalue weighted by molar-refractivity contribution is -0.120. The second-order valence-corrected chi connectivity index (χ2v) is 5.10. The predicted octanol–water partition coefficient (Wildman–Crippen LogP) is 2.13. The largest absolute Gasteiger partial charge is 0.350 e. The first-order chi connectivity index (χ1) is 7.22.